The maximum Gasteiger partial charge on any atom is 0.233 e. The Kier molecular flexibility index (Phi) is 7.69. The Labute approximate surface area is 191 Å². The summed E-state index contributed by atoms with van der Waals surface area (Å²) in [4.78, 5) is 16.4. The highest BCUT2D eigenvalue weighted by atomic mass is 35.5. The van der Waals surface area contributed by atoms with Gasteiger partial charge in [0.05, 0.1) is 11.8 Å². The molecule has 0 aliphatic rings. The highest BCUT2D eigenvalue weighted by Gasteiger charge is 2.22. The predicted molar refractivity (Wildman–Crippen MR) is 122 cm³/mol. The monoisotopic (exact) mass is 461 g/mol. The zero-order chi connectivity index (χ0) is 22.5. The first-order valence-electron chi connectivity index (χ1n) is 9.75. The molecule has 3 rings (SSSR count). The van der Waals surface area contributed by atoms with Crippen LogP contribution in [0.1, 0.15) is 24.4 Å². The van der Waals surface area contributed by atoms with Gasteiger partial charge in [0.2, 0.25) is 5.91 Å². The minimum Gasteiger partial charge on any atom is -0.341 e. The molecule has 1 heterocycles. The van der Waals surface area contributed by atoms with Gasteiger partial charge in [0.25, 0.3) is 0 Å². The molecule has 0 spiro atoms. The smallest absolute Gasteiger partial charge is 0.233 e. The Bertz CT molecular complexity index is 1020. The Hall–Kier alpha value is -2.42. The van der Waals surface area contributed by atoms with Crippen molar-refractivity contribution in [3.63, 3.8) is 0 Å². The number of hydrogen-bond acceptors (Lipinski definition) is 5. The van der Waals surface area contributed by atoms with Crippen molar-refractivity contribution in [3.05, 3.63) is 70.8 Å². The second-order valence-corrected chi connectivity index (χ2v) is 8.84. The van der Waals surface area contributed by atoms with E-state index in [1.54, 1.807) is 24.1 Å². The second-order valence-electron chi connectivity index (χ2n) is 7.46. The van der Waals surface area contributed by atoms with Gasteiger partial charge in [0.15, 0.2) is 11.0 Å². The van der Waals surface area contributed by atoms with Crippen LogP contribution < -0.4 is 0 Å². The number of benzene rings is 2. The maximum atomic E-state index is 13.4. The number of carbonyl (C=O) groups excluding carboxylic acids is 1. The van der Waals surface area contributed by atoms with Crippen LogP contribution in [0.4, 0.5) is 4.39 Å². The van der Waals surface area contributed by atoms with Crippen molar-refractivity contribution in [1.29, 1.82) is 0 Å². The maximum absolute atomic E-state index is 13.4. The van der Waals surface area contributed by atoms with Crippen LogP contribution in [-0.4, -0.2) is 57.4 Å². The molecule has 0 saturated carbocycles. The fourth-order valence-corrected chi connectivity index (χ4v) is 3.92. The Morgan fingerprint density at radius 3 is 2.35 bits per heavy atom. The molecule has 6 nitrogen and oxygen atoms in total. The molecule has 0 bridgehead atoms. The molecule has 1 atom stereocenters. The van der Waals surface area contributed by atoms with E-state index < -0.39 is 0 Å². The number of thioether (sulfide) groups is 1. The normalized spacial score (nSPS) is 12.2. The number of rotatable bonds is 8. The second kappa shape index (κ2) is 10.3. The topological polar surface area (TPSA) is 54.3 Å². The number of nitrogens with zero attached hydrogens (tertiary/aromatic N) is 5. The molecule has 9 heteroatoms. The van der Waals surface area contributed by atoms with Crippen LogP contribution in [0.25, 0.3) is 5.69 Å². The standard InChI is InChI=1S/C22H25ClFN5OS/c1-15(27(2)3)21-25-26-22(29(21)19-11-9-18(24)10-12-19)31-14-20(30)28(4)13-16-5-7-17(23)8-6-16/h5-12,15H,13-14H2,1-4H3. The molecule has 164 valence electrons. The molecule has 3 aromatic rings. The first-order valence-corrected chi connectivity index (χ1v) is 11.1. The summed E-state index contributed by atoms with van der Waals surface area (Å²) in [6, 6.07) is 13.6. The van der Waals surface area contributed by atoms with Crippen LogP contribution in [0.15, 0.2) is 53.7 Å². The van der Waals surface area contributed by atoms with Gasteiger partial charge < -0.3 is 4.90 Å². The van der Waals surface area contributed by atoms with Gasteiger partial charge >= 0.3 is 0 Å². The number of carbonyl (C=O) groups is 1. The average molecular weight is 462 g/mol. The lowest BCUT2D eigenvalue weighted by Gasteiger charge is -2.21. The van der Waals surface area contributed by atoms with Crippen LogP contribution in [0, 0.1) is 5.82 Å². The summed E-state index contributed by atoms with van der Waals surface area (Å²) in [6.45, 7) is 2.51. The van der Waals surface area contributed by atoms with E-state index in [1.165, 1.54) is 23.9 Å². The summed E-state index contributed by atoms with van der Waals surface area (Å²) in [5.41, 5.74) is 1.75. The van der Waals surface area contributed by atoms with E-state index in [2.05, 4.69) is 10.2 Å². The quantitative estimate of drug-likeness (QED) is 0.464. The van der Waals surface area contributed by atoms with Gasteiger partial charge in [0, 0.05) is 24.3 Å². The fraction of sp³-hybridized carbons (Fsp3) is 0.318. The third-order valence-corrected chi connectivity index (χ3v) is 6.14. The van der Waals surface area contributed by atoms with Gasteiger partial charge in [-0.05, 0) is 63.0 Å². The molecule has 1 unspecified atom stereocenters. The van der Waals surface area contributed by atoms with Crippen molar-refractivity contribution in [2.75, 3.05) is 26.9 Å². The van der Waals surface area contributed by atoms with Gasteiger partial charge in [-0.15, -0.1) is 10.2 Å². The largest absolute Gasteiger partial charge is 0.341 e. The van der Waals surface area contributed by atoms with Crippen molar-refractivity contribution in [3.8, 4) is 5.69 Å². The van der Waals surface area contributed by atoms with Crippen LogP contribution >= 0.6 is 23.4 Å². The lowest BCUT2D eigenvalue weighted by atomic mass is 10.2. The molecule has 0 radical (unpaired) electrons. The molecule has 0 aliphatic heterocycles. The third kappa shape index (κ3) is 5.84. The van der Waals surface area contributed by atoms with Gasteiger partial charge in [-0.25, -0.2) is 4.39 Å². The van der Waals surface area contributed by atoms with E-state index in [1.807, 2.05) is 54.8 Å². The minimum atomic E-state index is -0.313. The van der Waals surface area contributed by atoms with Gasteiger partial charge in [0.1, 0.15) is 5.82 Å². The molecule has 31 heavy (non-hydrogen) atoms. The Morgan fingerprint density at radius 2 is 1.74 bits per heavy atom. The van der Waals surface area contributed by atoms with E-state index in [-0.39, 0.29) is 23.5 Å². The fourth-order valence-electron chi connectivity index (χ4n) is 2.90. The molecule has 0 aliphatic carbocycles. The zero-order valence-electron chi connectivity index (χ0n) is 17.9. The summed E-state index contributed by atoms with van der Waals surface area (Å²) < 4.78 is 15.3. The van der Waals surface area contributed by atoms with Crippen molar-refractivity contribution in [1.82, 2.24) is 24.6 Å². The van der Waals surface area contributed by atoms with Gasteiger partial charge in [-0.2, -0.15) is 0 Å². The van der Waals surface area contributed by atoms with E-state index >= 15 is 0 Å². The van der Waals surface area contributed by atoms with Crippen molar-refractivity contribution >= 4 is 29.3 Å². The van der Waals surface area contributed by atoms with Crippen LogP contribution in [0.5, 0.6) is 0 Å². The summed E-state index contributed by atoms with van der Waals surface area (Å²) in [7, 11) is 5.68. The molecular formula is C22H25ClFN5OS. The molecule has 1 amide bonds. The highest BCUT2D eigenvalue weighted by Crippen LogP contribution is 2.27. The summed E-state index contributed by atoms with van der Waals surface area (Å²) in [6.07, 6.45) is 0. The number of aromatic nitrogens is 3. The summed E-state index contributed by atoms with van der Waals surface area (Å²) in [5.74, 6) is 0.587. The lowest BCUT2D eigenvalue weighted by Crippen LogP contribution is -2.28. The van der Waals surface area contributed by atoms with Crippen LogP contribution in [0.2, 0.25) is 5.02 Å². The van der Waals surface area contributed by atoms with Crippen LogP contribution in [-0.2, 0) is 11.3 Å². The van der Waals surface area contributed by atoms with Crippen LogP contribution in [0.3, 0.4) is 0 Å². The molecule has 1 aromatic heterocycles. The first kappa shape index (κ1) is 23.2. The van der Waals surface area contributed by atoms with Crippen molar-refractivity contribution in [2.45, 2.75) is 24.7 Å². The van der Waals surface area contributed by atoms with E-state index in [4.69, 9.17) is 11.6 Å². The Morgan fingerprint density at radius 1 is 1.10 bits per heavy atom. The molecule has 2 aromatic carbocycles. The van der Waals surface area contributed by atoms with Gasteiger partial charge in [-0.3, -0.25) is 14.3 Å². The SMILES string of the molecule is CC(c1nnc(SCC(=O)N(C)Cc2ccc(Cl)cc2)n1-c1ccc(F)cc1)N(C)C. The average Bonchev–Trinajstić information content (AvgIpc) is 3.17. The molecular weight excluding hydrogens is 437 g/mol. The molecule has 0 N–H and O–H groups in total. The number of amides is 1. The van der Waals surface area contributed by atoms with E-state index in [0.29, 0.717) is 16.7 Å². The zero-order valence-corrected chi connectivity index (χ0v) is 19.5. The highest BCUT2D eigenvalue weighted by molar-refractivity contribution is 7.99. The van der Waals surface area contributed by atoms with E-state index in [9.17, 15) is 9.18 Å². The van der Waals surface area contributed by atoms with E-state index in [0.717, 1.165) is 17.1 Å². The summed E-state index contributed by atoms with van der Waals surface area (Å²) >= 11 is 7.23. The third-order valence-electron chi connectivity index (χ3n) is 4.97. The number of halogens is 2. The molecule has 0 fully saturated rings. The number of hydrogen-bond donors (Lipinski definition) is 0. The minimum absolute atomic E-state index is 0.0183. The lowest BCUT2D eigenvalue weighted by molar-refractivity contribution is -0.127. The van der Waals surface area contributed by atoms with Crippen molar-refractivity contribution < 1.29 is 9.18 Å². The first-order chi connectivity index (χ1) is 14.8. The van der Waals surface area contributed by atoms with Crippen molar-refractivity contribution in [2.24, 2.45) is 0 Å². The molecule has 0 saturated heterocycles. The van der Waals surface area contributed by atoms with Gasteiger partial charge in [-0.1, -0.05) is 35.5 Å². The summed E-state index contributed by atoms with van der Waals surface area (Å²) in [5, 5.41) is 9.92. The Balaban J connectivity index is 1.76. The predicted octanol–water partition coefficient (Wildman–Crippen LogP) is 4.43.